The van der Waals surface area contributed by atoms with Crippen LogP contribution in [0.15, 0.2) is 5.11 Å². The van der Waals surface area contributed by atoms with Crippen molar-refractivity contribution in [2.45, 2.75) is 6.42 Å². The molecule has 210 valence electrons. The Morgan fingerprint density at radius 1 is 0.750 bits per heavy atom. The van der Waals surface area contributed by atoms with Crippen LogP contribution < -0.4 is 9.44 Å². The molecule has 0 aliphatic heterocycles. The van der Waals surface area contributed by atoms with Crippen LogP contribution in [0.5, 0.6) is 0 Å². The topological polar surface area (TPSA) is 226 Å². The highest BCUT2D eigenvalue weighted by Gasteiger charge is 2.14. The Kier molecular flexibility index (Phi) is 22.9. The van der Waals surface area contributed by atoms with E-state index >= 15 is 0 Å². The first kappa shape index (κ1) is 33.7. The second kappa shape index (κ2) is 24.4. The van der Waals surface area contributed by atoms with Gasteiger partial charge in [-0.25, -0.2) is 9.52 Å². The number of carbonyl (C=O) groups excluding carboxylic acids is 1. The van der Waals surface area contributed by atoms with Crippen molar-refractivity contribution >= 4 is 22.3 Å². The maximum Gasteiger partial charge on any atom is 0.421 e. The number of hydrogen-bond acceptors (Lipinski definition) is 12. The Morgan fingerprint density at radius 2 is 1.19 bits per heavy atom. The minimum atomic E-state index is -4.09. The summed E-state index contributed by atoms with van der Waals surface area (Å²) in [5, 5.41) is 11.6. The number of carbonyl (C=O) groups is 2. The molecule has 3 N–H and O–H groups in total. The molecule has 0 rings (SSSR count). The molecule has 0 aliphatic carbocycles. The second-order valence-corrected chi connectivity index (χ2v) is 7.91. The van der Waals surface area contributed by atoms with Gasteiger partial charge in [0.2, 0.25) is 0 Å². The first-order chi connectivity index (χ1) is 17.4. The number of carboxylic acids is 1. The summed E-state index contributed by atoms with van der Waals surface area (Å²) in [6.07, 6.45) is -1.22. The number of ether oxygens (including phenoxy) is 7. The smallest absolute Gasteiger partial charge is 0.421 e. The average molecular weight is 546 g/mol. The van der Waals surface area contributed by atoms with Crippen LogP contribution in [0, 0.1) is 0 Å². The first-order valence-corrected chi connectivity index (χ1v) is 12.5. The van der Waals surface area contributed by atoms with Crippen LogP contribution in [0.2, 0.25) is 0 Å². The lowest BCUT2D eigenvalue weighted by molar-refractivity contribution is -0.138. The van der Waals surface area contributed by atoms with Gasteiger partial charge >= 0.3 is 22.3 Å². The zero-order valence-corrected chi connectivity index (χ0v) is 20.8. The number of hydrogen-bond donors (Lipinski definition) is 3. The van der Waals surface area contributed by atoms with Gasteiger partial charge in [0.1, 0.15) is 0 Å². The average Bonchev–Trinajstić information content (AvgIpc) is 2.82. The van der Waals surface area contributed by atoms with Gasteiger partial charge < -0.3 is 38.3 Å². The van der Waals surface area contributed by atoms with E-state index in [9.17, 15) is 18.0 Å². The number of rotatable bonds is 26. The molecule has 0 spiro atoms. The van der Waals surface area contributed by atoms with Gasteiger partial charge in [-0.15, -0.1) is 0 Å². The van der Waals surface area contributed by atoms with Crippen molar-refractivity contribution in [3.63, 3.8) is 0 Å². The van der Waals surface area contributed by atoms with Crippen molar-refractivity contribution < 1.29 is 56.3 Å². The molecule has 0 saturated carbocycles. The Bertz CT molecular complexity index is 721. The molecule has 0 saturated heterocycles. The second-order valence-electron chi connectivity index (χ2n) is 6.41. The number of amides is 1. The van der Waals surface area contributed by atoms with E-state index in [1.165, 1.54) is 0 Å². The molecule has 0 heterocycles. The van der Waals surface area contributed by atoms with E-state index in [0.717, 1.165) is 0 Å². The molecular weight excluding hydrogens is 510 g/mol. The standard InChI is InChI=1S/C18H35N5O12S/c19-23-20-2-6-35-18(26)22-36(27,28)21-3-5-30-8-10-32-12-14-34-16-15-33-13-11-31-9-7-29-4-1-17(24)25/h21H,1-16H2,(H,22,26)(H,24,25). The van der Waals surface area contributed by atoms with Crippen LogP contribution in [0.3, 0.4) is 0 Å². The highest BCUT2D eigenvalue weighted by atomic mass is 32.2. The fraction of sp³-hybridized carbons (Fsp3) is 0.889. The maximum atomic E-state index is 11.6. The van der Waals surface area contributed by atoms with E-state index in [1.54, 1.807) is 4.72 Å². The lowest BCUT2D eigenvalue weighted by atomic mass is 10.5. The van der Waals surface area contributed by atoms with Crippen LogP contribution in [-0.4, -0.2) is 125 Å². The lowest BCUT2D eigenvalue weighted by Gasteiger charge is -2.09. The Hall–Kier alpha value is -2.28. The molecule has 0 unspecified atom stereocenters. The SMILES string of the molecule is [N-]=[N+]=NCCOC(=O)NS(=O)(=O)NCCOCCOCCOCCOCCOCCOCCC(=O)O. The van der Waals surface area contributed by atoms with Crippen LogP contribution >= 0.6 is 0 Å². The monoisotopic (exact) mass is 545 g/mol. The van der Waals surface area contributed by atoms with Gasteiger partial charge in [-0.05, 0) is 5.53 Å². The van der Waals surface area contributed by atoms with Gasteiger partial charge in [-0.1, -0.05) is 5.11 Å². The minimum Gasteiger partial charge on any atom is -0.481 e. The molecule has 1 amide bonds. The highest BCUT2D eigenvalue weighted by Crippen LogP contribution is 1.87. The number of nitrogens with zero attached hydrogens (tertiary/aromatic N) is 3. The van der Waals surface area contributed by atoms with Gasteiger partial charge in [0.15, 0.2) is 0 Å². The maximum absolute atomic E-state index is 11.6. The summed E-state index contributed by atoms with van der Waals surface area (Å²) in [4.78, 5) is 24.0. The molecule has 0 aromatic rings. The Balaban J connectivity index is 3.33. The summed E-state index contributed by atoms with van der Waals surface area (Å²) < 4.78 is 63.0. The van der Waals surface area contributed by atoms with Gasteiger partial charge in [0.25, 0.3) is 0 Å². The quantitative estimate of drug-likeness (QED) is 0.0537. The van der Waals surface area contributed by atoms with Crippen molar-refractivity contribution in [2.75, 3.05) is 99.0 Å². The summed E-state index contributed by atoms with van der Waals surface area (Å²) in [7, 11) is -4.09. The summed E-state index contributed by atoms with van der Waals surface area (Å²) in [5.41, 5.74) is 8.07. The predicted molar refractivity (Wildman–Crippen MR) is 123 cm³/mol. The molecule has 0 fully saturated rings. The van der Waals surface area contributed by atoms with Gasteiger partial charge in [0.05, 0.1) is 98.9 Å². The summed E-state index contributed by atoms with van der Waals surface area (Å²) in [6.45, 7) is 3.35. The van der Waals surface area contributed by atoms with Crippen LogP contribution in [0.4, 0.5) is 4.79 Å². The van der Waals surface area contributed by atoms with E-state index < -0.39 is 22.3 Å². The molecule has 0 aromatic carbocycles. The van der Waals surface area contributed by atoms with Crippen molar-refractivity contribution in [2.24, 2.45) is 5.11 Å². The van der Waals surface area contributed by atoms with E-state index in [2.05, 4.69) is 19.5 Å². The molecule has 0 radical (unpaired) electrons. The van der Waals surface area contributed by atoms with Crippen LogP contribution in [0.25, 0.3) is 10.4 Å². The molecule has 0 atom stereocenters. The number of carboxylic acid groups (broad SMARTS) is 1. The Labute approximate surface area is 209 Å². The normalized spacial score (nSPS) is 11.1. The molecule has 0 bridgehead atoms. The van der Waals surface area contributed by atoms with Crippen molar-refractivity contribution in [1.82, 2.24) is 9.44 Å². The predicted octanol–water partition coefficient (Wildman–Crippen LogP) is -0.568. The Morgan fingerprint density at radius 3 is 1.64 bits per heavy atom. The lowest BCUT2D eigenvalue weighted by Crippen LogP contribution is -2.42. The first-order valence-electron chi connectivity index (χ1n) is 11.0. The van der Waals surface area contributed by atoms with E-state index in [-0.39, 0.29) is 45.9 Å². The van der Waals surface area contributed by atoms with Gasteiger partial charge in [-0.3, -0.25) is 4.79 Å². The van der Waals surface area contributed by atoms with E-state index in [1.807, 2.05) is 0 Å². The number of aliphatic carboxylic acids is 1. The fourth-order valence-electron chi connectivity index (χ4n) is 2.01. The summed E-state index contributed by atoms with van der Waals surface area (Å²) >= 11 is 0. The molecular formula is C18H35N5O12S. The van der Waals surface area contributed by atoms with Crippen LogP contribution in [-0.2, 0) is 48.2 Å². The van der Waals surface area contributed by atoms with Crippen molar-refractivity contribution in [3.05, 3.63) is 10.4 Å². The van der Waals surface area contributed by atoms with Gasteiger partial charge in [0, 0.05) is 11.5 Å². The summed E-state index contributed by atoms with van der Waals surface area (Å²) in [6, 6.07) is 0. The van der Waals surface area contributed by atoms with Crippen molar-refractivity contribution in [3.8, 4) is 0 Å². The number of nitrogens with one attached hydrogen (secondary N) is 2. The van der Waals surface area contributed by atoms with Gasteiger partial charge in [-0.2, -0.15) is 13.1 Å². The zero-order chi connectivity index (χ0) is 26.7. The largest absolute Gasteiger partial charge is 0.481 e. The molecule has 0 aliphatic rings. The summed E-state index contributed by atoms with van der Waals surface area (Å²) in [5.74, 6) is -0.899. The third-order valence-corrected chi connectivity index (χ3v) is 4.58. The highest BCUT2D eigenvalue weighted by molar-refractivity contribution is 7.88. The zero-order valence-electron chi connectivity index (χ0n) is 20.0. The molecule has 0 aromatic heterocycles. The molecule has 18 heteroatoms. The third-order valence-electron chi connectivity index (χ3n) is 3.56. The number of azide groups is 1. The van der Waals surface area contributed by atoms with Crippen LogP contribution in [0.1, 0.15) is 6.42 Å². The molecule has 36 heavy (non-hydrogen) atoms. The fourth-order valence-corrected chi connectivity index (χ4v) is 2.71. The minimum absolute atomic E-state index is 0.0289. The van der Waals surface area contributed by atoms with E-state index in [0.29, 0.717) is 59.5 Å². The van der Waals surface area contributed by atoms with E-state index in [4.69, 9.17) is 39.1 Å². The van der Waals surface area contributed by atoms with Crippen molar-refractivity contribution in [1.29, 1.82) is 0 Å². The third kappa shape index (κ3) is 26.3. The molecule has 17 nitrogen and oxygen atoms in total.